The van der Waals surface area contributed by atoms with Gasteiger partial charge in [-0.3, -0.25) is 4.79 Å². The first-order chi connectivity index (χ1) is 9.65. The van der Waals surface area contributed by atoms with Crippen LogP contribution >= 0.6 is 11.8 Å². The van der Waals surface area contributed by atoms with E-state index in [4.69, 9.17) is 4.52 Å². The standard InChI is InChI=1S/C15H24N2O2S/c1-11-8-14(17-19-11)10-20-12(2)15(18)16-9-13-6-4-3-5-7-13/h8,12-13H,3-7,9-10H2,1-2H3,(H,16,18)/t12-/m1/s1. The van der Waals surface area contributed by atoms with Crippen LogP contribution in [0.15, 0.2) is 10.6 Å². The zero-order chi connectivity index (χ0) is 14.4. The molecule has 1 atom stereocenters. The third kappa shape index (κ3) is 4.85. The normalized spacial score (nSPS) is 17.9. The van der Waals surface area contributed by atoms with Gasteiger partial charge in [-0.05, 0) is 32.6 Å². The van der Waals surface area contributed by atoms with Gasteiger partial charge in [0.05, 0.1) is 10.9 Å². The van der Waals surface area contributed by atoms with E-state index in [-0.39, 0.29) is 11.2 Å². The summed E-state index contributed by atoms with van der Waals surface area (Å²) in [7, 11) is 0. The van der Waals surface area contributed by atoms with Gasteiger partial charge in [-0.1, -0.05) is 24.4 Å². The average molecular weight is 296 g/mol. The zero-order valence-electron chi connectivity index (χ0n) is 12.4. The van der Waals surface area contributed by atoms with Gasteiger partial charge in [0.1, 0.15) is 5.76 Å². The number of nitrogens with zero attached hydrogens (tertiary/aromatic N) is 1. The van der Waals surface area contributed by atoms with E-state index in [0.29, 0.717) is 5.92 Å². The maximum Gasteiger partial charge on any atom is 0.232 e. The van der Waals surface area contributed by atoms with Gasteiger partial charge in [-0.2, -0.15) is 0 Å². The first kappa shape index (κ1) is 15.4. The van der Waals surface area contributed by atoms with E-state index in [1.54, 1.807) is 11.8 Å². The number of rotatable bonds is 6. The monoisotopic (exact) mass is 296 g/mol. The first-order valence-corrected chi connectivity index (χ1v) is 8.51. The number of aryl methyl sites for hydroxylation is 1. The fourth-order valence-corrected chi connectivity index (χ4v) is 3.34. The molecule has 1 aromatic rings. The van der Waals surface area contributed by atoms with Crippen LogP contribution in [0.3, 0.4) is 0 Å². The number of hydrogen-bond donors (Lipinski definition) is 1. The molecule has 0 bridgehead atoms. The lowest BCUT2D eigenvalue weighted by Crippen LogP contribution is -2.35. The molecule has 1 amide bonds. The number of thioether (sulfide) groups is 1. The van der Waals surface area contributed by atoms with Gasteiger partial charge in [0.15, 0.2) is 0 Å². The molecule has 4 nitrogen and oxygen atoms in total. The minimum atomic E-state index is -0.0457. The molecule has 0 aromatic carbocycles. The van der Waals surface area contributed by atoms with Crippen LogP contribution in [-0.4, -0.2) is 22.9 Å². The summed E-state index contributed by atoms with van der Waals surface area (Å²) >= 11 is 1.60. The van der Waals surface area contributed by atoms with Gasteiger partial charge in [0, 0.05) is 18.4 Å². The molecule has 1 aliphatic rings. The highest BCUT2D eigenvalue weighted by Crippen LogP contribution is 2.23. The van der Waals surface area contributed by atoms with Crippen molar-refractivity contribution in [2.75, 3.05) is 6.54 Å². The number of hydrogen-bond acceptors (Lipinski definition) is 4. The van der Waals surface area contributed by atoms with E-state index in [1.807, 2.05) is 19.9 Å². The Hall–Kier alpha value is -0.970. The van der Waals surface area contributed by atoms with Crippen molar-refractivity contribution < 1.29 is 9.32 Å². The maximum absolute atomic E-state index is 12.0. The number of carbonyl (C=O) groups is 1. The highest BCUT2D eigenvalue weighted by molar-refractivity contribution is 7.99. The highest BCUT2D eigenvalue weighted by atomic mass is 32.2. The Morgan fingerprint density at radius 3 is 2.90 bits per heavy atom. The molecule has 0 radical (unpaired) electrons. The van der Waals surface area contributed by atoms with Gasteiger partial charge < -0.3 is 9.84 Å². The summed E-state index contributed by atoms with van der Waals surface area (Å²) < 4.78 is 5.02. The van der Waals surface area contributed by atoms with Crippen molar-refractivity contribution in [1.82, 2.24) is 10.5 Å². The molecule has 2 rings (SSSR count). The molecule has 1 aliphatic carbocycles. The zero-order valence-corrected chi connectivity index (χ0v) is 13.2. The Morgan fingerprint density at radius 2 is 2.25 bits per heavy atom. The summed E-state index contributed by atoms with van der Waals surface area (Å²) in [5.74, 6) is 2.36. The fraction of sp³-hybridized carbons (Fsp3) is 0.733. The molecule has 1 N–H and O–H groups in total. The molecule has 112 valence electrons. The molecule has 0 saturated heterocycles. The van der Waals surface area contributed by atoms with Crippen LogP contribution in [-0.2, 0) is 10.5 Å². The number of nitrogens with one attached hydrogen (secondary N) is 1. The van der Waals surface area contributed by atoms with Crippen LogP contribution in [0.1, 0.15) is 50.5 Å². The predicted molar refractivity (Wildman–Crippen MR) is 81.6 cm³/mol. The molecule has 0 aliphatic heterocycles. The summed E-state index contributed by atoms with van der Waals surface area (Å²) in [5, 5.41) is 6.98. The Kier molecular flexibility index (Phi) is 5.95. The molecule has 1 aromatic heterocycles. The third-order valence-electron chi connectivity index (χ3n) is 3.82. The van der Waals surface area contributed by atoms with E-state index in [9.17, 15) is 4.79 Å². The van der Waals surface area contributed by atoms with Crippen LogP contribution < -0.4 is 5.32 Å². The van der Waals surface area contributed by atoms with Crippen LogP contribution in [0, 0.1) is 12.8 Å². The Labute approximate surface area is 125 Å². The second-order valence-electron chi connectivity index (χ2n) is 5.63. The summed E-state index contributed by atoms with van der Waals surface area (Å²) in [5.41, 5.74) is 0.902. The van der Waals surface area contributed by atoms with E-state index in [1.165, 1.54) is 32.1 Å². The second kappa shape index (κ2) is 7.72. The molecule has 5 heteroatoms. The van der Waals surface area contributed by atoms with Gasteiger partial charge in [-0.15, -0.1) is 11.8 Å². The van der Waals surface area contributed by atoms with Crippen molar-refractivity contribution in [3.63, 3.8) is 0 Å². The first-order valence-electron chi connectivity index (χ1n) is 7.46. The third-order valence-corrected chi connectivity index (χ3v) is 4.99. The molecule has 1 saturated carbocycles. The highest BCUT2D eigenvalue weighted by Gasteiger charge is 2.18. The molecular weight excluding hydrogens is 272 g/mol. The molecule has 20 heavy (non-hydrogen) atoms. The van der Waals surface area contributed by atoms with E-state index in [2.05, 4.69) is 10.5 Å². The lowest BCUT2D eigenvalue weighted by molar-refractivity contribution is -0.120. The fourth-order valence-electron chi connectivity index (χ4n) is 2.55. The summed E-state index contributed by atoms with van der Waals surface area (Å²) in [4.78, 5) is 12.0. The van der Waals surface area contributed by atoms with E-state index in [0.717, 1.165) is 23.8 Å². The quantitative estimate of drug-likeness (QED) is 0.875. The lowest BCUT2D eigenvalue weighted by Gasteiger charge is -2.22. The van der Waals surface area contributed by atoms with Crippen LogP contribution in [0.4, 0.5) is 0 Å². The summed E-state index contributed by atoms with van der Waals surface area (Å²) in [6.45, 7) is 4.67. The van der Waals surface area contributed by atoms with Crippen LogP contribution in [0.2, 0.25) is 0 Å². The van der Waals surface area contributed by atoms with E-state index < -0.39 is 0 Å². The largest absolute Gasteiger partial charge is 0.361 e. The SMILES string of the molecule is Cc1cc(CS[C@H](C)C(=O)NCC2CCCCC2)no1. The Morgan fingerprint density at radius 1 is 1.50 bits per heavy atom. The van der Waals surface area contributed by atoms with Crippen LogP contribution in [0.25, 0.3) is 0 Å². The lowest BCUT2D eigenvalue weighted by atomic mass is 9.89. The number of aromatic nitrogens is 1. The number of carbonyl (C=O) groups excluding carboxylic acids is 1. The minimum Gasteiger partial charge on any atom is -0.361 e. The molecular formula is C15H24N2O2S. The Balaban J connectivity index is 1.66. The topological polar surface area (TPSA) is 55.1 Å². The van der Waals surface area contributed by atoms with Crippen LogP contribution in [0.5, 0.6) is 0 Å². The predicted octanol–water partition coefficient (Wildman–Crippen LogP) is 3.30. The summed E-state index contributed by atoms with van der Waals surface area (Å²) in [6.07, 6.45) is 6.51. The molecule has 0 spiro atoms. The van der Waals surface area contributed by atoms with E-state index >= 15 is 0 Å². The molecule has 0 unspecified atom stereocenters. The number of amides is 1. The van der Waals surface area contributed by atoms with Gasteiger partial charge in [0.2, 0.25) is 5.91 Å². The minimum absolute atomic E-state index is 0.0457. The van der Waals surface area contributed by atoms with Crippen molar-refractivity contribution in [1.29, 1.82) is 0 Å². The van der Waals surface area contributed by atoms with Gasteiger partial charge in [-0.25, -0.2) is 0 Å². The van der Waals surface area contributed by atoms with Crippen molar-refractivity contribution in [3.8, 4) is 0 Å². The van der Waals surface area contributed by atoms with Crippen molar-refractivity contribution in [2.45, 2.75) is 57.0 Å². The van der Waals surface area contributed by atoms with Gasteiger partial charge in [0.25, 0.3) is 0 Å². The second-order valence-corrected chi connectivity index (χ2v) is 6.96. The van der Waals surface area contributed by atoms with Crippen molar-refractivity contribution in [3.05, 3.63) is 17.5 Å². The summed E-state index contributed by atoms with van der Waals surface area (Å²) in [6, 6.07) is 1.92. The maximum atomic E-state index is 12.0. The molecule has 1 fully saturated rings. The van der Waals surface area contributed by atoms with Crippen molar-refractivity contribution in [2.24, 2.45) is 5.92 Å². The Bertz CT molecular complexity index is 427. The van der Waals surface area contributed by atoms with Gasteiger partial charge >= 0.3 is 0 Å². The molecule has 1 heterocycles. The smallest absolute Gasteiger partial charge is 0.232 e. The average Bonchev–Trinajstić information content (AvgIpc) is 2.89. The van der Waals surface area contributed by atoms with Crippen molar-refractivity contribution >= 4 is 17.7 Å².